The largest absolute Gasteiger partial charge is 0.500 e. The molecule has 0 atom stereocenters. The molecule has 0 aliphatic heterocycles. The van der Waals surface area contributed by atoms with Crippen molar-refractivity contribution in [1.82, 2.24) is 4.90 Å². The Morgan fingerprint density at radius 3 is 1.14 bits per heavy atom. The SMILES string of the molecule is CCOCCOCCOCCOCCN(CCC[Si](OC)(OC)OC)CCC[Si](OC)(OC)OC. The number of hydrogen-bond donors (Lipinski definition) is 0. The van der Waals surface area contributed by atoms with Crippen molar-refractivity contribution in [1.29, 1.82) is 0 Å². The molecule has 0 aliphatic carbocycles. The minimum absolute atomic E-state index is 0.544. The summed E-state index contributed by atoms with van der Waals surface area (Å²) >= 11 is 0. The van der Waals surface area contributed by atoms with Crippen LogP contribution in [0.1, 0.15) is 19.8 Å². The lowest BCUT2D eigenvalue weighted by Crippen LogP contribution is -2.44. The van der Waals surface area contributed by atoms with E-state index in [0.717, 1.165) is 44.6 Å². The molecule has 11 nitrogen and oxygen atoms in total. The van der Waals surface area contributed by atoms with E-state index in [0.29, 0.717) is 52.9 Å². The molecule has 13 heteroatoms. The third-order valence-electron chi connectivity index (χ3n) is 5.65. The Morgan fingerprint density at radius 2 is 0.800 bits per heavy atom. The Labute approximate surface area is 215 Å². The first-order valence-electron chi connectivity index (χ1n) is 12.3. The molecule has 0 fully saturated rings. The molecule has 0 aliphatic rings. The molecular formula is C22H51NO10Si2. The Kier molecular flexibility index (Phi) is 23.1. The average Bonchev–Trinajstić information content (AvgIpc) is 2.90. The van der Waals surface area contributed by atoms with Gasteiger partial charge in [-0.15, -0.1) is 0 Å². The Bertz CT molecular complexity index is 417. The van der Waals surface area contributed by atoms with Crippen molar-refractivity contribution < 1.29 is 45.5 Å². The molecule has 0 amide bonds. The van der Waals surface area contributed by atoms with E-state index in [-0.39, 0.29) is 0 Å². The molecule has 0 aromatic rings. The van der Waals surface area contributed by atoms with Gasteiger partial charge in [0.2, 0.25) is 0 Å². The summed E-state index contributed by atoms with van der Waals surface area (Å²) in [7, 11) is 4.70. The fourth-order valence-electron chi connectivity index (χ4n) is 3.48. The molecule has 35 heavy (non-hydrogen) atoms. The second-order valence-corrected chi connectivity index (χ2v) is 13.9. The van der Waals surface area contributed by atoms with Gasteiger partial charge >= 0.3 is 17.6 Å². The molecule has 0 rings (SSSR count). The third kappa shape index (κ3) is 16.4. The van der Waals surface area contributed by atoms with Gasteiger partial charge in [0.05, 0.1) is 46.2 Å². The van der Waals surface area contributed by atoms with Gasteiger partial charge in [-0.2, -0.15) is 0 Å². The summed E-state index contributed by atoms with van der Waals surface area (Å²) in [5.74, 6) is 0. The van der Waals surface area contributed by atoms with E-state index in [2.05, 4.69) is 4.90 Å². The van der Waals surface area contributed by atoms with Crippen molar-refractivity contribution in [2.24, 2.45) is 0 Å². The predicted molar refractivity (Wildman–Crippen MR) is 138 cm³/mol. The molecule has 0 aromatic carbocycles. The minimum atomic E-state index is -2.58. The highest BCUT2D eigenvalue weighted by Gasteiger charge is 2.38. The number of ether oxygens (including phenoxy) is 4. The van der Waals surface area contributed by atoms with Crippen LogP contribution in [0.3, 0.4) is 0 Å². The van der Waals surface area contributed by atoms with E-state index >= 15 is 0 Å². The fraction of sp³-hybridized carbons (Fsp3) is 1.00. The van der Waals surface area contributed by atoms with Gasteiger partial charge < -0.3 is 50.4 Å². The summed E-state index contributed by atoms with van der Waals surface area (Å²) in [5, 5.41) is 0. The lowest BCUT2D eigenvalue weighted by atomic mass is 10.3. The van der Waals surface area contributed by atoms with Gasteiger partial charge in [-0.05, 0) is 32.9 Å². The van der Waals surface area contributed by atoms with Gasteiger partial charge in [-0.25, -0.2) is 0 Å². The van der Waals surface area contributed by atoms with Gasteiger partial charge in [0, 0.05) is 67.9 Å². The molecule has 0 saturated heterocycles. The van der Waals surface area contributed by atoms with Gasteiger partial charge in [-0.1, -0.05) is 0 Å². The van der Waals surface area contributed by atoms with Crippen LogP contribution in [0.5, 0.6) is 0 Å². The Hall–Kier alpha value is -0.00623. The van der Waals surface area contributed by atoms with Crippen LogP contribution in [0.15, 0.2) is 0 Å². The molecular weight excluding hydrogens is 494 g/mol. The second-order valence-electron chi connectivity index (χ2n) is 7.67. The lowest BCUT2D eigenvalue weighted by Gasteiger charge is -2.28. The molecule has 0 bridgehead atoms. The second kappa shape index (κ2) is 23.1. The van der Waals surface area contributed by atoms with E-state index in [1.165, 1.54) is 0 Å². The summed E-state index contributed by atoms with van der Waals surface area (Å²) in [6.07, 6.45) is 1.80. The Morgan fingerprint density at radius 1 is 0.457 bits per heavy atom. The quantitative estimate of drug-likeness (QED) is 0.112. The van der Waals surface area contributed by atoms with Crippen LogP contribution >= 0.6 is 0 Å². The molecule has 0 heterocycles. The summed E-state index contributed by atoms with van der Waals surface area (Å²) in [6, 6.07) is 1.50. The first kappa shape index (κ1) is 35.0. The zero-order valence-electron chi connectivity index (χ0n) is 23.1. The number of hydrogen-bond acceptors (Lipinski definition) is 11. The summed E-state index contributed by atoms with van der Waals surface area (Å²) in [4.78, 5) is 2.37. The first-order valence-corrected chi connectivity index (χ1v) is 16.2. The maximum atomic E-state index is 5.79. The van der Waals surface area contributed by atoms with Gasteiger partial charge in [-0.3, -0.25) is 0 Å². The average molecular weight is 546 g/mol. The highest BCUT2D eigenvalue weighted by atomic mass is 28.4. The summed E-state index contributed by atoms with van der Waals surface area (Å²) in [5.41, 5.74) is 0. The molecule has 0 saturated carbocycles. The van der Waals surface area contributed by atoms with Crippen molar-refractivity contribution in [2.45, 2.75) is 31.9 Å². The number of nitrogens with zero attached hydrogens (tertiary/aromatic N) is 1. The zero-order valence-corrected chi connectivity index (χ0v) is 25.1. The molecule has 0 aromatic heterocycles. The van der Waals surface area contributed by atoms with Crippen LogP contribution in [-0.4, -0.2) is 138 Å². The molecule has 0 spiro atoms. The molecule has 0 unspecified atom stereocenters. The van der Waals surface area contributed by atoms with Gasteiger partial charge in [0.15, 0.2) is 0 Å². The van der Waals surface area contributed by atoms with Crippen LogP contribution in [0.2, 0.25) is 12.1 Å². The third-order valence-corrected chi connectivity index (χ3v) is 11.3. The smallest absolute Gasteiger partial charge is 0.379 e. The standard InChI is InChI=1S/C22H51NO10Si2/c1-8-30-15-16-32-19-20-33-18-17-31-14-13-23(11-9-21-34(24-2,25-3)26-4)12-10-22-35(27-5,28-6)29-7/h8-22H2,1-7H3. The van der Waals surface area contributed by atoms with Crippen LogP contribution in [0, 0.1) is 0 Å². The summed E-state index contributed by atoms with van der Waals surface area (Å²) in [6.45, 7) is 9.28. The Balaban J connectivity index is 4.33. The lowest BCUT2D eigenvalue weighted by molar-refractivity contribution is -0.00273. The van der Waals surface area contributed by atoms with Crippen LogP contribution < -0.4 is 0 Å². The van der Waals surface area contributed by atoms with Crippen molar-refractivity contribution in [3.05, 3.63) is 0 Å². The van der Waals surface area contributed by atoms with Gasteiger partial charge in [0.1, 0.15) is 0 Å². The van der Waals surface area contributed by atoms with E-state index < -0.39 is 17.6 Å². The topological polar surface area (TPSA) is 95.5 Å². The monoisotopic (exact) mass is 545 g/mol. The van der Waals surface area contributed by atoms with Crippen LogP contribution in [-0.2, 0) is 45.5 Å². The van der Waals surface area contributed by atoms with Gasteiger partial charge in [0.25, 0.3) is 0 Å². The van der Waals surface area contributed by atoms with E-state index in [4.69, 9.17) is 45.5 Å². The first-order chi connectivity index (χ1) is 17.0. The molecule has 212 valence electrons. The van der Waals surface area contributed by atoms with Crippen molar-refractivity contribution >= 4 is 17.6 Å². The maximum absolute atomic E-state index is 5.79. The van der Waals surface area contributed by atoms with E-state index in [9.17, 15) is 0 Å². The van der Waals surface area contributed by atoms with Crippen LogP contribution in [0.4, 0.5) is 0 Å². The van der Waals surface area contributed by atoms with E-state index in [1.807, 2.05) is 6.92 Å². The number of rotatable bonds is 27. The molecule has 0 radical (unpaired) electrons. The predicted octanol–water partition coefficient (Wildman–Crippen LogP) is 1.91. The fourth-order valence-corrected chi connectivity index (χ4v) is 6.89. The highest BCUT2D eigenvalue weighted by Crippen LogP contribution is 2.17. The maximum Gasteiger partial charge on any atom is 0.500 e. The van der Waals surface area contributed by atoms with Crippen molar-refractivity contribution in [2.75, 3.05) is 115 Å². The minimum Gasteiger partial charge on any atom is -0.379 e. The van der Waals surface area contributed by atoms with E-state index in [1.54, 1.807) is 42.7 Å². The normalized spacial score (nSPS) is 12.7. The van der Waals surface area contributed by atoms with Crippen molar-refractivity contribution in [3.8, 4) is 0 Å². The van der Waals surface area contributed by atoms with Crippen LogP contribution in [0.25, 0.3) is 0 Å². The zero-order chi connectivity index (χ0) is 26.3. The van der Waals surface area contributed by atoms with Crippen molar-refractivity contribution in [3.63, 3.8) is 0 Å². The summed E-state index contributed by atoms with van der Waals surface area (Å²) < 4.78 is 55.2. The molecule has 0 N–H and O–H groups in total. The highest BCUT2D eigenvalue weighted by molar-refractivity contribution is 6.60.